The summed E-state index contributed by atoms with van der Waals surface area (Å²) in [5, 5.41) is 9.91. The number of halogens is 1. The molecule has 0 bridgehead atoms. The molecule has 1 atom stereocenters. The lowest BCUT2D eigenvalue weighted by atomic mass is 10.0. The van der Waals surface area contributed by atoms with Crippen molar-refractivity contribution in [1.82, 2.24) is 0 Å². The molecule has 0 aliphatic heterocycles. The highest BCUT2D eigenvalue weighted by molar-refractivity contribution is 5.27. The number of rotatable bonds is 2. The molecule has 0 spiro atoms. The molecule has 1 N–H and O–H groups in total. The molecule has 74 valence electrons. The second kappa shape index (κ2) is 3.93. The summed E-state index contributed by atoms with van der Waals surface area (Å²) in [4.78, 5) is 0. The fraction of sp³-hybridized carbons (Fsp3) is 0.333. The van der Waals surface area contributed by atoms with Crippen LogP contribution in [-0.2, 0) is 0 Å². The Kier molecular flexibility index (Phi) is 2.64. The van der Waals surface area contributed by atoms with Crippen molar-refractivity contribution >= 4 is 0 Å². The highest BCUT2D eigenvalue weighted by Crippen LogP contribution is 2.30. The molecule has 1 aromatic rings. The first-order valence-corrected chi connectivity index (χ1v) is 4.90. The highest BCUT2D eigenvalue weighted by atomic mass is 19.1. The van der Waals surface area contributed by atoms with Gasteiger partial charge in [0.15, 0.2) is 0 Å². The van der Waals surface area contributed by atoms with Gasteiger partial charge < -0.3 is 5.11 Å². The van der Waals surface area contributed by atoms with E-state index in [0.717, 1.165) is 24.8 Å². The Morgan fingerprint density at radius 1 is 1.36 bits per heavy atom. The average molecular weight is 192 g/mol. The van der Waals surface area contributed by atoms with Crippen molar-refractivity contribution in [2.45, 2.75) is 25.4 Å². The van der Waals surface area contributed by atoms with Gasteiger partial charge in [0.2, 0.25) is 0 Å². The van der Waals surface area contributed by atoms with Crippen molar-refractivity contribution in [3.05, 3.63) is 47.3 Å². The summed E-state index contributed by atoms with van der Waals surface area (Å²) in [6.45, 7) is 0. The molecule has 0 amide bonds. The van der Waals surface area contributed by atoms with E-state index in [1.165, 1.54) is 12.1 Å². The number of aliphatic hydroxyl groups is 1. The van der Waals surface area contributed by atoms with Crippen molar-refractivity contribution in [2.75, 3.05) is 0 Å². The van der Waals surface area contributed by atoms with E-state index in [4.69, 9.17) is 0 Å². The van der Waals surface area contributed by atoms with Gasteiger partial charge in [0, 0.05) is 0 Å². The number of hydrogen-bond acceptors (Lipinski definition) is 1. The van der Waals surface area contributed by atoms with Gasteiger partial charge in [0.25, 0.3) is 0 Å². The van der Waals surface area contributed by atoms with Gasteiger partial charge in [-0.25, -0.2) is 4.39 Å². The summed E-state index contributed by atoms with van der Waals surface area (Å²) >= 11 is 0. The molecule has 0 saturated heterocycles. The molecule has 1 aromatic carbocycles. The van der Waals surface area contributed by atoms with Crippen LogP contribution in [0.2, 0.25) is 0 Å². The van der Waals surface area contributed by atoms with E-state index in [1.807, 2.05) is 0 Å². The van der Waals surface area contributed by atoms with Gasteiger partial charge in [0.1, 0.15) is 11.9 Å². The van der Waals surface area contributed by atoms with Crippen LogP contribution < -0.4 is 0 Å². The van der Waals surface area contributed by atoms with Crippen LogP contribution in [0.15, 0.2) is 35.9 Å². The second-order valence-electron chi connectivity index (χ2n) is 3.63. The van der Waals surface area contributed by atoms with Gasteiger partial charge in [-0.05, 0) is 42.5 Å². The predicted molar refractivity (Wildman–Crippen MR) is 53.3 cm³/mol. The Balaban J connectivity index is 2.22. The van der Waals surface area contributed by atoms with Crippen molar-refractivity contribution in [3.8, 4) is 0 Å². The van der Waals surface area contributed by atoms with E-state index >= 15 is 0 Å². The fourth-order valence-corrected chi connectivity index (χ4v) is 1.83. The Hall–Kier alpha value is -1.15. The average Bonchev–Trinajstić information content (AvgIpc) is 2.69. The SMILES string of the molecule is OC(C1=CCCC1)c1cccc(F)c1. The molecule has 0 saturated carbocycles. The van der Waals surface area contributed by atoms with Crippen LogP contribution in [0.1, 0.15) is 30.9 Å². The molecule has 1 unspecified atom stereocenters. The summed E-state index contributed by atoms with van der Waals surface area (Å²) < 4.78 is 12.9. The monoisotopic (exact) mass is 192 g/mol. The van der Waals surface area contributed by atoms with Crippen LogP contribution in [0, 0.1) is 5.82 Å². The van der Waals surface area contributed by atoms with Gasteiger partial charge in [-0.15, -0.1) is 0 Å². The molecular weight excluding hydrogens is 179 g/mol. The summed E-state index contributed by atoms with van der Waals surface area (Å²) in [5.41, 5.74) is 1.67. The summed E-state index contributed by atoms with van der Waals surface area (Å²) in [5.74, 6) is -0.292. The maximum atomic E-state index is 12.9. The Morgan fingerprint density at radius 3 is 2.86 bits per heavy atom. The minimum Gasteiger partial charge on any atom is -0.384 e. The summed E-state index contributed by atoms with van der Waals surface area (Å²) in [6.07, 6.45) is 4.49. The van der Waals surface area contributed by atoms with Crippen LogP contribution >= 0.6 is 0 Å². The molecule has 0 radical (unpaired) electrons. The topological polar surface area (TPSA) is 20.2 Å². The lowest BCUT2D eigenvalue weighted by Crippen LogP contribution is -1.99. The minimum absolute atomic E-state index is 0.292. The third-order valence-corrected chi connectivity index (χ3v) is 2.59. The maximum Gasteiger partial charge on any atom is 0.123 e. The quantitative estimate of drug-likeness (QED) is 0.714. The standard InChI is InChI=1S/C12H13FO/c13-11-7-3-6-10(8-11)12(14)9-4-1-2-5-9/h3-4,6-8,12,14H,1-2,5H2. The first-order chi connectivity index (χ1) is 6.77. The smallest absolute Gasteiger partial charge is 0.123 e. The number of benzene rings is 1. The zero-order chi connectivity index (χ0) is 9.97. The van der Waals surface area contributed by atoms with Gasteiger partial charge in [-0.1, -0.05) is 18.2 Å². The first kappa shape index (κ1) is 9.41. The second-order valence-corrected chi connectivity index (χ2v) is 3.63. The van der Waals surface area contributed by atoms with E-state index in [-0.39, 0.29) is 5.82 Å². The minimum atomic E-state index is -0.617. The first-order valence-electron chi connectivity index (χ1n) is 4.90. The zero-order valence-corrected chi connectivity index (χ0v) is 7.91. The third kappa shape index (κ3) is 1.85. The molecule has 2 rings (SSSR count). The predicted octanol–water partition coefficient (Wildman–Crippen LogP) is 2.97. The molecule has 1 aliphatic carbocycles. The van der Waals surface area contributed by atoms with Gasteiger partial charge in [-0.2, -0.15) is 0 Å². The molecule has 1 aliphatic rings. The molecule has 1 nitrogen and oxygen atoms in total. The molecule has 2 heteroatoms. The normalized spacial score (nSPS) is 18.0. The van der Waals surface area contributed by atoms with Crippen LogP contribution in [-0.4, -0.2) is 5.11 Å². The van der Waals surface area contributed by atoms with Crippen molar-refractivity contribution in [3.63, 3.8) is 0 Å². The van der Waals surface area contributed by atoms with E-state index < -0.39 is 6.10 Å². The van der Waals surface area contributed by atoms with Gasteiger partial charge in [-0.3, -0.25) is 0 Å². The lowest BCUT2D eigenvalue weighted by Gasteiger charge is -2.12. The van der Waals surface area contributed by atoms with Crippen molar-refractivity contribution < 1.29 is 9.50 Å². The van der Waals surface area contributed by atoms with Crippen molar-refractivity contribution in [1.29, 1.82) is 0 Å². The van der Waals surface area contributed by atoms with E-state index in [2.05, 4.69) is 6.08 Å². The van der Waals surface area contributed by atoms with Crippen LogP contribution in [0.4, 0.5) is 4.39 Å². The number of hydrogen-bond donors (Lipinski definition) is 1. The molecule has 0 aromatic heterocycles. The largest absolute Gasteiger partial charge is 0.384 e. The summed E-state index contributed by atoms with van der Waals surface area (Å²) in [6, 6.07) is 6.17. The van der Waals surface area contributed by atoms with E-state index in [0.29, 0.717) is 5.56 Å². The molecule has 0 fully saturated rings. The van der Waals surface area contributed by atoms with E-state index in [9.17, 15) is 9.50 Å². The Morgan fingerprint density at radius 2 is 2.21 bits per heavy atom. The highest BCUT2D eigenvalue weighted by Gasteiger charge is 2.16. The maximum absolute atomic E-state index is 12.9. The third-order valence-electron chi connectivity index (χ3n) is 2.59. The van der Waals surface area contributed by atoms with Crippen molar-refractivity contribution in [2.24, 2.45) is 0 Å². The Bertz CT molecular complexity index is 357. The summed E-state index contributed by atoms with van der Waals surface area (Å²) in [7, 11) is 0. The van der Waals surface area contributed by atoms with Gasteiger partial charge >= 0.3 is 0 Å². The van der Waals surface area contributed by atoms with E-state index in [1.54, 1.807) is 12.1 Å². The fourth-order valence-electron chi connectivity index (χ4n) is 1.83. The lowest BCUT2D eigenvalue weighted by molar-refractivity contribution is 0.212. The zero-order valence-electron chi connectivity index (χ0n) is 7.91. The van der Waals surface area contributed by atoms with Crippen LogP contribution in [0.3, 0.4) is 0 Å². The molecule has 14 heavy (non-hydrogen) atoms. The Labute approximate surface area is 82.9 Å². The molecular formula is C12H13FO. The van der Waals surface area contributed by atoms with Crippen LogP contribution in [0.25, 0.3) is 0 Å². The van der Waals surface area contributed by atoms with Gasteiger partial charge in [0.05, 0.1) is 0 Å². The number of allylic oxidation sites excluding steroid dienone is 1. The van der Waals surface area contributed by atoms with Crippen LogP contribution in [0.5, 0.6) is 0 Å². The number of aliphatic hydroxyl groups excluding tert-OH is 1. The molecule has 0 heterocycles.